The minimum absolute atomic E-state index is 0.106. The summed E-state index contributed by atoms with van der Waals surface area (Å²) in [7, 11) is 0. The molecule has 0 radical (unpaired) electrons. The number of piperazine rings is 1. The third-order valence-corrected chi connectivity index (χ3v) is 4.73. The molecule has 1 amide bonds. The maximum atomic E-state index is 12.4. The highest BCUT2D eigenvalue weighted by Gasteiger charge is 2.31. The van der Waals surface area contributed by atoms with Gasteiger partial charge in [0, 0.05) is 37.8 Å². The largest absolute Gasteiger partial charge is 0.444 e. The quantitative estimate of drug-likeness (QED) is 0.770. The molecular weight excluding hydrogens is 368 g/mol. The molecule has 3 rings (SSSR count). The van der Waals surface area contributed by atoms with Crippen molar-refractivity contribution in [3.05, 3.63) is 16.5 Å². The van der Waals surface area contributed by atoms with Crippen molar-refractivity contribution in [1.82, 2.24) is 20.2 Å². The van der Waals surface area contributed by atoms with Crippen LogP contribution in [0.15, 0.2) is 0 Å². The number of aromatic nitrogens is 2. The van der Waals surface area contributed by atoms with Crippen LogP contribution in [0.25, 0.3) is 0 Å². The standard InChI is InChI=1S/C18H25ClN6O2/c1-18(2,3)27-17(26)25-8-5-13-14(11-25)22-16(19)23-15(13)24-9-7-21-12(10-24)4-6-20/h12,21H,4-5,7-11H2,1-3H3. The number of carbonyl (C=O) groups excluding carboxylic acids is 1. The monoisotopic (exact) mass is 392 g/mol. The van der Waals surface area contributed by atoms with Gasteiger partial charge in [0.05, 0.1) is 24.7 Å². The van der Waals surface area contributed by atoms with E-state index in [1.165, 1.54) is 0 Å². The number of nitrogens with zero attached hydrogens (tertiary/aromatic N) is 5. The van der Waals surface area contributed by atoms with Crippen molar-refractivity contribution in [1.29, 1.82) is 5.26 Å². The number of halogens is 1. The Morgan fingerprint density at radius 1 is 1.41 bits per heavy atom. The normalized spacial score (nSPS) is 20.0. The van der Waals surface area contributed by atoms with Crippen molar-refractivity contribution in [2.45, 2.75) is 51.8 Å². The second-order valence-electron chi connectivity index (χ2n) is 7.85. The molecule has 9 heteroatoms. The van der Waals surface area contributed by atoms with Crippen LogP contribution in [-0.4, -0.2) is 58.8 Å². The Labute approximate surface area is 164 Å². The van der Waals surface area contributed by atoms with Crippen molar-refractivity contribution in [2.75, 3.05) is 31.1 Å². The smallest absolute Gasteiger partial charge is 0.410 e. The Kier molecular flexibility index (Phi) is 5.72. The Morgan fingerprint density at radius 2 is 2.19 bits per heavy atom. The molecule has 1 saturated heterocycles. The van der Waals surface area contributed by atoms with Gasteiger partial charge in [-0.1, -0.05) is 0 Å². The van der Waals surface area contributed by atoms with Gasteiger partial charge in [0.2, 0.25) is 5.28 Å². The SMILES string of the molecule is CC(C)(C)OC(=O)N1CCc2c(nc(Cl)nc2N2CCNC(CC#N)C2)C1. The lowest BCUT2D eigenvalue weighted by Crippen LogP contribution is -2.51. The van der Waals surface area contributed by atoms with Gasteiger partial charge in [0.15, 0.2) is 0 Å². The maximum Gasteiger partial charge on any atom is 0.410 e. The first-order valence-electron chi connectivity index (χ1n) is 9.15. The molecule has 0 bridgehead atoms. The lowest BCUT2D eigenvalue weighted by atomic mass is 10.0. The fraction of sp³-hybridized carbons (Fsp3) is 0.667. The van der Waals surface area contributed by atoms with Crippen molar-refractivity contribution in [3.8, 4) is 6.07 Å². The second kappa shape index (κ2) is 7.87. The first-order chi connectivity index (χ1) is 12.8. The molecule has 146 valence electrons. The van der Waals surface area contributed by atoms with Crippen molar-refractivity contribution in [3.63, 3.8) is 0 Å². The number of nitriles is 1. The van der Waals surface area contributed by atoms with Gasteiger partial charge in [-0.3, -0.25) is 0 Å². The van der Waals surface area contributed by atoms with E-state index >= 15 is 0 Å². The van der Waals surface area contributed by atoms with Gasteiger partial charge >= 0.3 is 6.09 Å². The second-order valence-corrected chi connectivity index (χ2v) is 8.19. The fourth-order valence-corrected chi connectivity index (χ4v) is 3.57. The molecule has 1 atom stereocenters. The van der Waals surface area contributed by atoms with Crippen LogP contribution in [0.3, 0.4) is 0 Å². The molecular formula is C18H25ClN6O2. The van der Waals surface area contributed by atoms with E-state index in [1.807, 2.05) is 20.8 Å². The van der Waals surface area contributed by atoms with Crippen LogP contribution >= 0.6 is 11.6 Å². The van der Waals surface area contributed by atoms with Crippen LogP contribution in [-0.2, 0) is 17.7 Å². The van der Waals surface area contributed by atoms with E-state index in [2.05, 4.69) is 26.3 Å². The number of amides is 1. The summed E-state index contributed by atoms with van der Waals surface area (Å²) in [6.45, 7) is 8.72. The molecule has 3 heterocycles. The summed E-state index contributed by atoms with van der Waals surface area (Å²) < 4.78 is 5.47. The van der Waals surface area contributed by atoms with Crippen LogP contribution < -0.4 is 10.2 Å². The molecule has 1 N–H and O–H groups in total. The van der Waals surface area contributed by atoms with Gasteiger partial charge in [0.25, 0.3) is 0 Å². The van der Waals surface area contributed by atoms with E-state index in [1.54, 1.807) is 4.90 Å². The number of hydrogen-bond acceptors (Lipinski definition) is 7. The van der Waals surface area contributed by atoms with Gasteiger partial charge in [-0.2, -0.15) is 5.26 Å². The number of carbonyl (C=O) groups is 1. The van der Waals surface area contributed by atoms with Crippen LogP contribution in [0.1, 0.15) is 38.4 Å². The molecule has 0 aliphatic carbocycles. The van der Waals surface area contributed by atoms with Crippen molar-refractivity contribution < 1.29 is 9.53 Å². The maximum absolute atomic E-state index is 12.4. The minimum Gasteiger partial charge on any atom is -0.444 e. The first-order valence-corrected chi connectivity index (χ1v) is 9.53. The fourth-order valence-electron chi connectivity index (χ4n) is 3.39. The van der Waals surface area contributed by atoms with E-state index in [-0.39, 0.29) is 17.4 Å². The molecule has 2 aliphatic rings. The van der Waals surface area contributed by atoms with Gasteiger partial charge in [-0.25, -0.2) is 14.8 Å². The highest BCUT2D eigenvalue weighted by atomic mass is 35.5. The summed E-state index contributed by atoms with van der Waals surface area (Å²) in [5, 5.41) is 12.5. The number of hydrogen-bond donors (Lipinski definition) is 1. The Bertz CT molecular complexity index is 757. The zero-order valence-corrected chi connectivity index (χ0v) is 16.7. The highest BCUT2D eigenvalue weighted by molar-refractivity contribution is 6.28. The number of ether oxygens (including phenoxy) is 1. The third kappa shape index (κ3) is 4.79. The summed E-state index contributed by atoms with van der Waals surface area (Å²) in [5.74, 6) is 0.818. The number of anilines is 1. The van der Waals surface area contributed by atoms with Crippen LogP contribution in [0.2, 0.25) is 5.28 Å². The highest BCUT2D eigenvalue weighted by Crippen LogP contribution is 2.29. The number of rotatable bonds is 2. The molecule has 0 aromatic carbocycles. The predicted molar refractivity (Wildman–Crippen MR) is 102 cm³/mol. The summed E-state index contributed by atoms with van der Waals surface area (Å²) in [4.78, 5) is 25.0. The average molecular weight is 393 g/mol. The molecule has 1 fully saturated rings. The van der Waals surface area contributed by atoms with Crippen molar-refractivity contribution >= 4 is 23.5 Å². The molecule has 27 heavy (non-hydrogen) atoms. The van der Waals surface area contributed by atoms with Crippen LogP contribution in [0.4, 0.5) is 10.6 Å². The molecule has 8 nitrogen and oxygen atoms in total. The summed E-state index contributed by atoms with van der Waals surface area (Å²) in [5.41, 5.74) is 1.25. The van der Waals surface area contributed by atoms with Crippen LogP contribution in [0, 0.1) is 11.3 Å². The van der Waals surface area contributed by atoms with Gasteiger partial charge in [0.1, 0.15) is 11.4 Å². The molecule has 1 aromatic rings. The van der Waals surface area contributed by atoms with E-state index in [9.17, 15) is 4.79 Å². The average Bonchev–Trinajstić information content (AvgIpc) is 2.59. The molecule has 0 saturated carbocycles. The zero-order chi connectivity index (χ0) is 19.6. The van der Waals surface area contributed by atoms with E-state index in [0.717, 1.165) is 30.2 Å². The minimum atomic E-state index is -0.539. The topological polar surface area (TPSA) is 94.4 Å². The first kappa shape index (κ1) is 19.6. The van der Waals surface area contributed by atoms with E-state index in [0.29, 0.717) is 32.5 Å². The van der Waals surface area contributed by atoms with Crippen LogP contribution in [0.5, 0.6) is 0 Å². The summed E-state index contributed by atoms with van der Waals surface area (Å²) >= 11 is 6.18. The predicted octanol–water partition coefficient (Wildman–Crippen LogP) is 2.12. The number of nitrogens with one attached hydrogen (secondary N) is 1. The Hall–Kier alpha value is -2.11. The third-order valence-electron chi connectivity index (χ3n) is 4.56. The summed E-state index contributed by atoms with van der Waals surface area (Å²) in [6, 6.07) is 2.32. The van der Waals surface area contributed by atoms with Gasteiger partial charge in [-0.15, -0.1) is 0 Å². The zero-order valence-electron chi connectivity index (χ0n) is 16.0. The summed E-state index contributed by atoms with van der Waals surface area (Å²) in [6.07, 6.45) is 0.749. The number of fused-ring (bicyclic) bond motifs is 1. The molecule has 1 aromatic heterocycles. The van der Waals surface area contributed by atoms with Gasteiger partial charge in [-0.05, 0) is 38.8 Å². The van der Waals surface area contributed by atoms with Gasteiger partial charge < -0.3 is 19.9 Å². The van der Waals surface area contributed by atoms with E-state index in [4.69, 9.17) is 21.6 Å². The Balaban J connectivity index is 1.81. The Morgan fingerprint density at radius 3 is 2.89 bits per heavy atom. The lowest BCUT2D eigenvalue weighted by Gasteiger charge is -2.37. The molecule has 1 unspecified atom stereocenters. The van der Waals surface area contributed by atoms with E-state index < -0.39 is 5.60 Å². The van der Waals surface area contributed by atoms with Crippen molar-refractivity contribution in [2.24, 2.45) is 0 Å². The molecule has 0 spiro atoms. The lowest BCUT2D eigenvalue weighted by molar-refractivity contribution is 0.0220. The molecule has 2 aliphatic heterocycles.